The highest BCUT2D eigenvalue weighted by molar-refractivity contribution is 5.98. The highest BCUT2D eigenvalue weighted by Crippen LogP contribution is 2.27. The quantitative estimate of drug-likeness (QED) is 0.855. The summed E-state index contributed by atoms with van der Waals surface area (Å²) in [4.78, 5) is 26.6. The molecule has 0 bridgehead atoms. The molecular formula is C19H18N2O4. The number of rotatable bonds is 4. The normalized spacial score (nSPS) is 19.1. The van der Waals surface area contributed by atoms with Gasteiger partial charge in [-0.1, -0.05) is 12.1 Å². The van der Waals surface area contributed by atoms with Crippen LogP contribution in [0.2, 0.25) is 0 Å². The number of carbonyl (C=O) groups excluding carboxylic acids is 1. The van der Waals surface area contributed by atoms with E-state index < -0.39 is 0 Å². The maximum Gasteiger partial charge on any atom is 0.300 e. The predicted octanol–water partition coefficient (Wildman–Crippen LogP) is 2.22. The van der Waals surface area contributed by atoms with Gasteiger partial charge < -0.3 is 9.47 Å². The number of hydrogen-bond acceptors (Lipinski definition) is 5. The van der Waals surface area contributed by atoms with E-state index in [1.807, 2.05) is 24.3 Å². The Balaban J connectivity index is 1.36. The molecule has 1 aliphatic carbocycles. The molecule has 2 heterocycles. The Bertz CT molecular complexity index is 883. The van der Waals surface area contributed by atoms with Crippen LogP contribution in [0.25, 0.3) is 5.57 Å². The molecule has 2 aliphatic rings. The van der Waals surface area contributed by atoms with E-state index in [1.165, 1.54) is 6.07 Å². The molecule has 25 heavy (non-hydrogen) atoms. The van der Waals surface area contributed by atoms with E-state index >= 15 is 0 Å². The Labute approximate surface area is 144 Å². The second-order valence-corrected chi connectivity index (χ2v) is 6.27. The monoisotopic (exact) mass is 338 g/mol. The van der Waals surface area contributed by atoms with Crippen LogP contribution in [0.1, 0.15) is 24.8 Å². The molecular weight excluding hydrogens is 320 g/mol. The third-order valence-electron chi connectivity index (χ3n) is 4.39. The van der Waals surface area contributed by atoms with Crippen LogP contribution in [-0.4, -0.2) is 28.0 Å². The molecule has 2 aromatic rings. The maximum atomic E-state index is 11.5. The standard InChI is InChI=1S/C19H18N2O4/c22-15-3-1-2-14(10-15)13-4-6-16(7-5-13)24-12-17-11-21-9-8-18(23)20-19(21)25-17/h4-10,17H,1-3,11-12H2/t17-/m0/s1. The van der Waals surface area contributed by atoms with Gasteiger partial charge in [-0.3, -0.25) is 14.2 Å². The van der Waals surface area contributed by atoms with E-state index in [4.69, 9.17) is 9.47 Å². The summed E-state index contributed by atoms with van der Waals surface area (Å²) >= 11 is 0. The van der Waals surface area contributed by atoms with Crippen LogP contribution >= 0.6 is 0 Å². The van der Waals surface area contributed by atoms with Crippen LogP contribution in [0.3, 0.4) is 0 Å². The van der Waals surface area contributed by atoms with Crippen LogP contribution in [0.15, 0.2) is 47.4 Å². The summed E-state index contributed by atoms with van der Waals surface area (Å²) in [7, 11) is 0. The molecule has 0 spiro atoms. The van der Waals surface area contributed by atoms with Crippen molar-refractivity contribution in [1.29, 1.82) is 0 Å². The molecule has 0 radical (unpaired) electrons. The number of hydrogen-bond donors (Lipinski definition) is 0. The van der Waals surface area contributed by atoms with E-state index in [-0.39, 0.29) is 17.4 Å². The van der Waals surface area contributed by atoms with Gasteiger partial charge in [-0.2, -0.15) is 4.98 Å². The van der Waals surface area contributed by atoms with Crippen molar-refractivity contribution in [3.05, 3.63) is 58.5 Å². The fraction of sp³-hybridized carbons (Fsp3) is 0.316. The molecule has 1 atom stereocenters. The highest BCUT2D eigenvalue weighted by Gasteiger charge is 2.23. The number of carbonyl (C=O) groups is 1. The van der Waals surface area contributed by atoms with Gasteiger partial charge in [-0.05, 0) is 42.2 Å². The Kier molecular flexibility index (Phi) is 4.09. The topological polar surface area (TPSA) is 70.4 Å². The Morgan fingerprint density at radius 1 is 1.16 bits per heavy atom. The fourth-order valence-corrected chi connectivity index (χ4v) is 3.11. The minimum Gasteiger partial charge on any atom is -0.490 e. The summed E-state index contributed by atoms with van der Waals surface area (Å²) in [5, 5.41) is 0. The number of aromatic nitrogens is 2. The molecule has 0 amide bonds. The number of allylic oxidation sites excluding steroid dienone is 2. The van der Waals surface area contributed by atoms with Crippen molar-refractivity contribution in [3.8, 4) is 11.8 Å². The van der Waals surface area contributed by atoms with Gasteiger partial charge in [0.05, 0.1) is 6.54 Å². The molecule has 128 valence electrons. The third kappa shape index (κ3) is 3.47. The van der Waals surface area contributed by atoms with Crippen molar-refractivity contribution >= 4 is 11.4 Å². The van der Waals surface area contributed by atoms with Gasteiger partial charge in [0.2, 0.25) is 0 Å². The van der Waals surface area contributed by atoms with Gasteiger partial charge in [0.1, 0.15) is 12.4 Å². The minimum absolute atomic E-state index is 0.173. The summed E-state index contributed by atoms with van der Waals surface area (Å²) in [6.45, 7) is 0.980. The first-order valence-electron chi connectivity index (χ1n) is 8.38. The first-order chi connectivity index (χ1) is 12.2. The van der Waals surface area contributed by atoms with Crippen molar-refractivity contribution < 1.29 is 14.3 Å². The van der Waals surface area contributed by atoms with Crippen LogP contribution in [0.4, 0.5) is 0 Å². The summed E-state index contributed by atoms with van der Waals surface area (Å²) in [6, 6.07) is 9.51. The molecule has 0 N–H and O–H groups in total. The van der Waals surface area contributed by atoms with E-state index in [2.05, 4.69) is 4.98 Å². The zero-order valence-electron chi connectivity index (χ0n) is 13.7. The number of fused-ring (bicyclic) bond motifs is 1. The van der Waals surface area contributed by atoms with Crippen molar-refractivity contribution in [2.45, 2.75) is 31.9 Å². The second-order valence-electron chi connectivity index (χ2n) is 6.27. The maximum absolute atomic E-state index is 11.5. The van der Waals surface area contributed by atoms with Crippen LogP contribution in [0.5, 0.6) is 11.8 Å². The van der Waals surface area contributed by atoms with Crippen molar-refractivity contribution in [2.24, 2.45) is 0 Å². The molecule has 0 saturated carbocycles. The fourth-order valence-electron chi connectivity index (χ4n) is 3.11. The average molecular weight is 338 g/mol. The minimum atomic E-state index is -0.307. The van der Waals surface area contributed by atoms with Gasteiger partial charge in [-0.25, -0.2) is 0 Å². The first-order valence-corrected chi connectivity index (χ1v) is 8.38. The van der Waals surface area contributed by atoms with E-state index in [1.54, 1.807) is 16.8 Å². The smallest absolute Gasteiger partial charge is 0.300 e. The van der Waals surface area contributed by atoms with E-state index in [0.29, 0.717) is 25.6 Å². The summed E-state index contributed by atoms with van der Waals surface area (Å²) in [5.74, 6) is 0.945. The Morgan fingerprint density at radius 3 is 2.80 bits per heavy atom. The molecule has 0 saturated heterocycles. The van der Waals surface area contributed by atoms with Crippen LogP contribution in [0, 0.1) is 0 Å². The lowest BCUT2D eigenvalue weighted by Crippen LogP contribution is -2.23. The molecule has 1 aromatic heterocycles. The molecule has 0 unspecified atom stereocenters. The summed E-state index contributed by atoms with van der Waals surface area (Å²) in [6.07, 6.45) is 5.75. The predicted molar refractivity (Wildman–Crippen MR) is 91.7 cm³/mol. The number of nitrogens with zero attached hydrogens (tertiary/aromatic N) is 2. The van der Waals surface area contributed by atoms with Gasteiger partial charge in [0, 0.05) is 18.7 Å². The van der Waals surface area contributed by atoms with Gasteiger partial charge >= 0.3 is 0 Å². The summed E-state index contributed by atoms with van der Waals surface area (Å²) < 4.78 is 13.2. The zero-order valence-corrected chi connectivity index (χ0v) is 13.7. The molecule has 1 aliphatic heterocycles. The lowest BCUT2D eigenvalue weighted by molar-refractivity contribution is -0.114. The molecule has 4 rings (SSSR count). The van der Waals surface area contributed by atoms with Crippen molar-refractivity contribution in [2.75, 3.05) is 6.61 Å². The largest absolute Gasteiger partial charge is 0.490 e. The van der Waals surface area contributed by atoms with Crippen LogP contribution in [-0.2, 0) is 11.3 Å². The average Bonchev–Trinajstić information content (AvgIpc) is 3.02. The molecule has 6 heteroatoms. The number of ketones is 1. The van der Waals surface area contributed by atoms with Crippen molar-refractivity contribution in [1.82, 2.24) is 9.55 Å². The highest BCUT2D eigenvalue weighted by atomic mass is 16.6. The SMILES string of the molecule is O=C1C=C(c2ccc(OC[C@@H]3Cn4ccc(=O)nc4O3)cc2)CCC1. The van der Waals surface area contributed by atoms with Gasteiger partial charge in [0.25, 0.3) is 11.6 Å². The Hall–Kier alpha value is -2.89. The Morgan fingerprint density at radius 2 is 2.00 bits per heavy atom. The molecule has 6 nitrogen and oxygen atoms in total. The zero-order chi connectivity index (χ0) is 17.2. The van der Waals surface area contributed by atoms with Crippen molar-refractivity contribution in [3.63, 3.8) is 0 Å². The number of benzene rings is 1. The molecule has 0 fully saturated rings. The van der Waals surface area contributed by atoms with E-state index in [0.717, 1.165) is 29.7 Å². The van der Waals surface area contributed by atoms with E-state index in [9.17, 15) is 9.59 Å². The number of ether oxygens (including phenoxy) is 2. The molecule has 1 aromatic carbocycles. The van der Waals surface area contributed by atoms with Gasteiger partial charge in [0.15, 0.2) is 11.9 Å². The lowest BCUT2D eigenvalue weighted by atomic mass is 9.93. The first kappa shape index (κ1) is 15.6. The lowest BCUT2D eigenvalue weighted by Gasteiger charge is -2.14. The van der Waals surface area contributed by atoms with Gasteiger partial charge in [-0.15, -0.1) is 0 Å². The second kappa shape index (κ2) is 6.55. The van der Waals surface area contributed by atoms with Crippen LogP contribution < -0.4 is 15.0 Å². The summed E-state index contributed by atoms with van der Waals surface area (Å²) in [5.41, 5.74) is 1.85. The third-order valence-corrected chi connectivity index (χ3v) is 4.39.